The maximum Gasteiger partial charge on any atom is 0.150 e. The van der Waals surface area contributed by atoms with Crippen LogP contribution >= 0.6 is 15.9 Å². The van der Waals surface area contributed by atoms with E-state index in [0.29, 0.717) is 0 Å². The van der Waals surface area contributed by atoms with Crippen LogP contribution < -0.4 is 5.73 Å². The Bertz CT molecular complexity index is 616. The summed E-state index contributed by atoms with van der Waals surface area (Å²) in [5.74, 6) is 3.91. The number of hydrogen-bond acceptors (Lipinski definition) is 1. The minimum atomic E-state index is -0.796. The molecule has 90 valence electrons. The molecule has 0 unspecified atom stereocenters. The summed E-state index contributed by atoms with van der Waals surface area (Å²) in [6.07, 6.45) is 0. The van der Waals surface area contributed by atoms with Crippen molar-refractivity contribution in [3.63, 3.8) is 0 Å². The Balaban J connectivity index is 2.33. The average molecular weight is 308 g/mol. The van der Waals surface area contributed by atoms with E-state index in [4.69, 9.17) is 5.73 Å². The molecule has 0 radical (unpaired) electrons. The molecule has 0 heterocycles. The first-order chi connectivity index (χ1) is 8.56. The summed E-state index contributed by atoms with van der Waals surface area (Å²) in [5.41, 5.74) is 5.70. The van der Waals surface area contributed by atoms with Crippen molar-refractivity contribution in [2.24, 2.45) is 0 Å². The fourth-order valence-corrected chi connectivity index (χ4v) is 1.60. The zero-order valence-corrected chi connectivity index (χ0v) is 10.8. The quantitative estimate of drug-likeness (QED) is 0.583. The first kappa shape index (κ1) is 12.6. The summed E-state index contributed by atoms with van der Waals surface area (Å²) in [6, 6.07) is 9.53. The summed E-state index contributed by atoms with van der Waals surface area (Å²) in [7, 11) is 0. The Morgan fingerprint density at radius 1 is 0.889 bits per heavy atom. The van der Waals surface area contributed by atoms with Crippen LogP contribution in [0.1, 0.15) is 11.1 Å². The smallest absolute Gasteiger partial charge is 0.150 e. The number of hydrogen-bond donors (Lipinski definition) is 1. The second kappa shape index (κ2) is 5.19. The summed E-state index contributed by atoms with van der Waals surface area (Å²) in [4.78, 5) is 0. The lowest BCUT2D eigenvalue weighted by atomic mass is 10.1. The fraction of sp³-hybridized carbons (Fsp3) is 0. The van der Waals surface area contributed by atoms with Gasteiger partial charge in [0, 0.05) is 15.6 Å². The van der Waals surface area contributed by atoms with Gasteiger partial charge in [-0.05, 0) is 36.4 Å². The lowest BCUT2D eigenvalue weighted by Crippen LogP contribution is -1.96. The third kappa shape index (κ3) is 2.88. The number of halogens is 3. The number of anilines is 1. The monoisotopic (exact) mass is 307 g/mol. The van der Waals surface area contributed by atoms with Crippen LogP contribution in [0.3, 0.4) is 0 Å². The highest BCUT2D eigenvalue weighted by Gasteiger charge is 2.05. The molecule has 0 saturated carbocycles. The van der Waals surface area contributed by atoms with Crippen molar-refractivity contribution in [2.75, 3.05) is 5.73 Å². The zero-order chi connectivity index (χ0) is 13.1. The molecule has 0 spiro atoms. The second-order valence-electron chi connectivity index (χ2n) is 3.61. The van der Waals surface area contributed by atoms with E-state index in [1.807, 2.05) is 12.1 Å². The van der Waals surface area contributed by atoms with Gasteiger partial charge in [-0.25, -0.2) is 8.78 Å². The van der Waals surface area contributed by atoms with Crippen LogP contribution in [0.4, 0.5) is 14.5 Å². The SMILES string of the molecule is Nc1c(F)cc(C#Cc2ccc(Br)cc2)cc1F. The van der Waals surface area contributed by atoms with E-state index in [2.05, 4.69) is 27.8 Å². The first-order valence-corrected chi connectivity index (χ1v) is 5.87. The molecule has 4 heteroatoms. The summed E-state index contributed by atoms with van der Waals surface area (Å²) >= 11 is 3.31. The molecule has 2 rings (SSSR count). The molecule has 0 aliphatic rings. The molecule has 2 N–H and O–H groups in total. The van der Waals surface area contributed by atoms with Crippen LogP contribution in [0.25, 0.3) is 0 Å². The van der Waals surface area contributed by atoms with Crippen molar-refractivity contribution in [3.8, 4) is 11.8 Å². The molecule has 18 heavy (non-hydrogen) atoms. The Morgan fingerprint density at radius 2 is 1.39 bits per heavy atom. The van der Waals surface area contributed by atoms with Crippen LogP contribution in [0.5, 0.6) is 0 Å². The number of nitrogens with two attached hydrogens (primary N) is 1. The van der Waals surface area contributed by atoms with Gasteiger partial charge in [0.2, 0.25) is 0 Å². The number of rotatable bonds is 0. The van der Waals surface area contributed by atoms with Crippen molar-refractivity contribution in [1.29, 1.82) is 0 Å². The van der Waals surface area contributed by atoms with Crippen molar-refractivity contribution >= 4 is 21.6 Å². The average Bonchev–Trinajstić information content (AvgIpc) is 2.35. The molecule has 0 fully saturated rings. The Labute approximate surface area is 112 Å². The molecular formula is C14H8BrF2N. The van der Waals surface area contributed by atoms with Gasteiger partial charge in [-0.15, -0.1) is 0 Å². The molecule has 2 aromatic carbocycles. The van der Waals surface area contributed by atoms with Gasteiger partial charge in [0.15, 0.2) is 0 Å². The van der Waals surface area contributed by atoms with Gasteiger partial charge in [0.05, 0.1) is 0 Å². The Kier molecular flexibility index (Phi) is 3.63. The normalized spacial score (nSPS) is 9.72. The third-order valence-electron chi connectivity index (χ3n) is 2.27. The van der Waals surface area contributed by atoms with Gasteiger partial charge < -0.3 is 5.73 Å². The van der Waals surface area contributed by atoms with Crippen molar-refractivity contribution in [1.82, 2.24) is 0 Å². The van der Waals surface area contributed by atoms with E-state index in [1.54, 1.807) is 12.1 Å². The van der Waals surface area contributed by atoms with Crippen LogP contribution in [0, 0.1) is 23.5 Å². The van der Waals surface area contributed by atoms with Crippen LogP contribution in [0.2, 0.25) is 0 Å². The molecule has 1 nitrogen and oxygen atoms in total. The molecule has 0 bridgehead atoms. The molecule has 0 aliphatic heterocycles. The highest BCUT2D eigenvalue weighted by Crippen LogP contribution is 2.16. The predicted molar refractivity (Wildman–Crippen MR) is 70.9 cm³/mol. The molecular weight excluding hydrogens is 300 g/mol. The summed E-state index contributed by atoms with van der Waals surface area (Å²) in [6.45, 7) is 0. The minimum absolute atomic E-state index is 0.252. The second-order valence-corrected chi connectivity index (χ2v) is 4.53. The number of benzene rings is 2. The largest absolute Gasteiger partial charge is 0.394 e. The Morgan fingerprint density at radius 3 is 1.94 bits per heavy atom. The standard InChI is InChI=1S/C14H8BrF2N/c15-11-5-3-9(4-6-11)1-2-10-7-12(16)14(18)13(17)8-10/h3-8H,18H2. The molecule has 0 atom stereocenters. The van der Waals surface area contributed by atoms with E-state index in [-0.39, 0.29) is 5.56 Å². The van der Waals surface area contributed by atoms with Gasteiger partial charge in [-0.1, -0.05) is 27.8 Å². The van der Waals surface area contributed by atoms with E-state index < -0.39 is 17.3 Å². The van der Waals surface area contributed by atoms with E-state index in [1.165, 1.54) is 0 Å². The highest BCUT2D eigenvalue weighted by atomic mass is 79.9. The van der Waals surface area contributed by atoms with Gasteiger partial charge in [0.1, 0.15) is 17.3 Å². The fourth-order valence-electron chi connectivity index (χ4n) is 1.33. The highest BCUT2D eigenvalue weighted by molar-refractivity contribution is 9.10. The third-order valence-corrected chi connectivity index (χ3v) is 2.80. The van der Waals surface area contributed by atoms with E-state index in [9.17, 15) is 8.78 Å². The Hall–Kier alpha value is -1.86. The van der Waals surface area contributed by atoms with Crippen molar-refractivity contribution in [2.45, 2.75) is 0 Å². The number of nitrogen functional groups attached to an aromatic ring is 1. The summed E-state index contributed by atoms with van der Waals surface area (Å²) < 4.78 is 27.3. The van der Waals surface area contributed by atoms with Crippen LogP contribution in [0.15, 0.2) is 40.9 Å². The maximum absolute atomic E-state index is 13.2. The summed E-state index contributed by atoms with van der Waals surface area (Å²) in [5, 5.41) is 0. The van der Waals surface area contributed by atoms with Gasteiger partial charge in [-0.3, -0.25) is 0 Å². The molecule has 0 saturated heterocycles. The van der Waals surface area contributed by atoms with Crippen molar-refractivity contribution < 1.29 is 8.78 Å². The lowest BCUT2D eigenvalue weighted by Gasteiger charge is -1.98. The maximum atomic E-state index is 13.2. The predicted octanol–water partition coefficient (Wildman–Crippen LogP) is 3.71. The van der Waals surface area contributed by atoms with Crippen LogP contribution in [-0.2, 0) is 0 Å². The minimum Gasteiger partial charge on any atom is -0.394 e. The zero-order valence-electron chi connectivity index (χ0n) is 9.18. The topological polar surface area (TPSA) is 26.0 Å². The lowest BCUT2D eigenvalue weighted by molar-refractivity contribution is 0.591. The molecule has 0 aliphatic carbocycles. The van der Waals surface area contributed by atoms with Gasteiger partial charge >= 0.3 is 0 Å². The van der Waals surface area contributed by atoms with E-state index in [0.717, 1.165) is 22.2 Å². The molecule has 2 aromatic rings. The van der Waals surface area contributed by atoms with Gasteiger partial charge in [-0.2, -0.15) is 0 Å². The van der Waals surface area contributed by atoms with Gasteiger partial charge in [0.25, 0.3) is 0 Å². The molecule has 0 amide bonds. The van der Waals surface area contributed by atoms with Crippen LogP contribution in [-0.4, -0.2) is 0 Å². The molecule has 0 aromatic heterocycles. The van der Waals surface area contributed by atoms with E-state index >= 15 is 0 Å². The van der Waals surface area contributed by atoms with Crippen molar-refractivity contribution in [3.05, 3.63) is 63.6 Å². The first-order valence-electron chi connectivity index (χ1n) is 5.08.